The molecule has 6 nitrogen and oxygen atoms in total. The topological polar surface area (TPSA) is 78.9 Å². The van der Waals surface area contributed by atoms with Crippen LogP contribution in [0.15, 0.2) is 72.9 Å². The number of hydrogen-bond donors (Lipinski definition) is 0. The second kappa shape index (κ2) is 55.4. The Hall–Kier alpha value is -3.15. The highest BCUT2D eigenvalue weighted by molar-refractivity contribution is 5.71. The molecule has 386 valence electrons. The molecule has 0 aromatic carbocycles. The number of carbonyl (C=O) groups is 3. The summed E-state index contributed by atoms with van der Waals surface area (Å²) in [7, 11) is 0. The fourth-order valence-electron chi connectivity index (χ4n) is 7.96. The zero-order valence-electron chi connectivity index (χ0n) is 44.2. The SMILES string of the molecule is CC/C=C\C/C=C\C/C=C\CCCCCCCCC(=O)OC(COC(=O)CCCCCCCCC/C=C\C/C=C\CC)COC(=O)CCCCCCCCC/C=C\CCCCCCCCCC. The van der Waals surface area contributed by atoms with Gasteiger partial charge in [0.1, 0.15) is 13.2 Å². The molecule has 0 radical (unpaired) electrons. The summed E-state index contributed by atoms with van der Waals surface area (Å²) in [6.45, 7) is 6.42. The van der Waals surface area contributed by atoms with Crippen molar-refractivity contribution in [2.45, 2.75) is 284 Å². The van der Waals surface area contributed by atoms with Crippen LogP contribution >= 0.6 is 0 Å². The van der Waals surface area contributed by atoms with Crippen LogP contribution in [-0.2, 0) is 28.6 Å². The molecule has 0 fully saturated rings. The van der Waals surface area contributed by atoms with E-state index in [1.807, 2.05) is 0 Å². The van der Waals surface area contributed by atoms with Crippen molar-refractivity contribution in [1.82, 2.24) is 0 Å². The fraction of sp³-hybridized carbons (Fsp3) is 0.754. The molecule has 1 atom stereocenters. The van der Waals surface area contributed by atoms with E-state index >= 15 is 0 Å². The first-order chi connectivity index (χ1) is 33.0. The highest BCUT2D eigenvalue weighted by Gasteiger charge is 2.19. The van der Waals surface area contributed by atoms with Crippen molar-refractivity contribution in [2.75, 3.05) is 13.2 Å². The zero-order valence-corrected chi connectivity index (χ0v) is 44.2. The quantitative estimate of drug-likeness (QED) is 0.0262. The van der Waals surface area contributed by atoms with Crippen LogP contribution in [0.1, 0.15) is 278 Å². The Bertz CT molecular complexity index is 1260. The van der Waals surface area contributed by atoms with E-state index in [2.05, 4.69) is 93.7 Å². The van der Waals surface area contributed by atoms with E-state index in [4.69, 9.17) is 14.2 Å². The number of esters is 3. The van der Waals surface area contributed by atoms with Gasteiger partial charge >= 0.3 is 17.9 Å². The smallest absolute Gasteiger partial charge is 0.306 e. The molecule has 0 spiro atoms. The third kappa shape index (κ3) is 53.7. The van der Waals surface area contributed by atoms with Crippen LogP contribution < -0.4 is 0 Å². The van der Waals surface area contributed by atoms with Gasteiger partial charge in [-0.25, -0.2) is 0 Å². The molecular formula is C61H106O6. The third-order valence-corrected chi connectivity index (χ3v) is 12.2. The number of rotatable bonds is 51. The molecule has 0 aliphatic rings. The van der Waals surface area contributed by atoms with E-state index in [-0.39, 0.29) is 31.1 Å². The van der Waals surface area contributed by atoms with Crippen LogP contribution in [0.4, 0.5) is 0 Å². The Kier molecular flexibility index (Phi) is 52.8. The molecule has 0 N–H and O–H groups in total. The van der Waals surface area contributed by atoms with Crippen LogP contribution in [0.3, 0.4) is 0 Å². The van der Waals surface area contributed by atoms with Crippen LogP contribution in [0.5, 0.6) is 0 Å². The Morgan fingerprint density at radius 2 is 0.582 bits per heavy atom. The highest BCUT2D eigenvalue weighted by atomic mass is 16.6. The van der Waals surface area contributed by atoms with Gasteiger partial charge in [-0.05, 0) is 103 Å². The Morgan fingerprint density at radius 1 is 0.313 bits per heavy atom. The number of unbranched alkanes of at least 4 members (excludes halogenated alkanes) is 28. The summed E-state index contributed by atoms with van der Waals surface area (Å²) in [5.41, 5.74) is 0. The van der Waals surface area contributed by atoms with E-state index in [1.165, 1.54) is 128 Å². The molecule has 0 amide bonds. The van der Waals surface area contributed by atoms with E-state index in [0.29, 0.717) is 19.3 Å². The molecule has 6 heteroatoms. The minimum absolute atomic E-state index is 0.0852. The normalized spacial score (nSPS) is 12.6. The Balaban J connectivity index is 4.38. The predicted octanol–water partition coefficient (Wildman–Crippen LogP) is 19.0. The number of allylic oxidation sites excluding steroid dienone is 12. The summed E-state index contributed by atoms with van der Waals surface area (Å²) in [5, 5.41) is 0. The first kappa shape index (κ1) is 63.8. The van der Waals surface area contributed by atoms with Crippen molar-refractivity contribution in [3.8, 4) is 0 Å². The molecule has 0 aromatic rings. The lowest BCUT2D eigenvalue weighted by Crippen LogP contribution is -2.30. The molecule has 0 rings (SSSR count). The van der Waals surface area contributed by atoms with Gasteiger partial charge in [0.15, 0.2) is 6.10 Å². The van der Waals surface area contributed by atoms with E-state index in [0.717, 1.165) is 109 Å². The third-order valence-electron chi connectivity index (χ3n) is 12.2. The van der Waals surface area contributed by atoms with Crippen molar-refractivity contribution in [3.05, 3.63) is 72.9 Å². The standard InChI is InChI=1S/C61H106O6/c1-4-7-10-13-16-19-22-25-28-30-31-32-34-36-39-42-45-48-51-54-60(63)66-57-58(56-65-59(62)53-50-47-44-41-38-35-27-24-21-18-15-12-9-6-3)67-61(64)55-52-49-46-43-40-37-33-29-26-23-20-17-14-11-8-5-2/h8-9,11-12,17-18,20-21,26,29-31,58H,4-7,10,13-16,19,22-25,27-28,32-57H2,1-3H3/b11-8-,12-9-,20-17-,21-18-,29-26-,31-30-. The summed E-state index contributed by atoms with van der Waals surface area (Å²) >= 11 is 0. The maximum Gasteiger partial charge on any atom is 0.306 e. The highest BCUT2D eigenvalue weighted by Crippen LogP contribution is 2.15. The lowest BCUT2D eigenvalue weighted by molar-refractivity contribution is -0.167. The zero-order chi connectivity index (χ0) is 48.6. The first-order valence-electron chi connectivity index (χ1n) is 28.4. The molecule has 0 saturated heterocycles. The van der Waals surface area contributed by atoms with Crippen molar-refractivity contribution < 1.29 is 28.6 Å². The Labute approximate surface area is 414 Å². The maximum absolute atomic E-state index is 12.8. The van der Waals surface area contributed by atoms with Gasteiger partial charge in [0.2, 0.25) is 0 Å². The summed E-state index contributed by atoms with van der Waals surface area (Å²) in [6.07, 6.45) is 70.3. The van der Waals surface area contributed by atoms with Gasteiger partial charge in [0.05, 0.1) is 0 Å². The maximum atomic E-state index is 12.8. The summed E-state index contributed by atoms with van der Waals surface area (Å²) in [4.78, 5) is 38.1. The van der Waals surface area contributed by atoms with Crippen LogP contribution in [0, 0.1) is 0 Å². The molecular weight excluding hydrogens is 829 g/mol. The van der Waals surface area contributed by atoms with Crippen molar-refractivity contribution >= 4 is 17.9 Å². The second-order valence-corrected chi connectivity index (χ2v) is 18.8. The van der Waals surface area contributed by atoms with E-state index < -0.39 is 6.10 Å². The first-order valence-corrected chi connectivity index (χ1v) is 28.4. The number of ether oxygens (including phenoxy) is 3. The van der Waals surface area contributed by atoms with E-state index in [9.17, 15) is 14.4 Å². The summed E-state index contributed by atoms with van der Waals surface area (Å²) in [6, 6.07) is 0. The molecule has 0 aromatic heterocycles. The number of hydrogen-bond acceptors (Lipinski definition) is 6. The van der Waals surface area contributed by atoms with Crippen LogP contribution in [0.25, 0.3) is 0 Å². The molecule has 0 bridgehead atoms. The largest absolute Gasteiger partial charge is 0.462 e. The van der Waals surface area contributed by atoms with Gasteiger partial charge in [0.25, 0.3) is 0 Å². The summed E-state index contributed by atoms with van der Waals surface area (Å²) < 4.78 is 16.8. The summed E-state index contributed by atoms with van der Waals surface area (Å²) in [5.74, 6) is -0.904. The Morgan fingerprint density at radius 3 is 0.925 bits per heavy atom. The second-order valence-electron chi connectivity index (χ2n) is 18.8. The van der Waals surface area contributed by atoms with E-state index in [1.54, 1.807) is 0 Å². The molecule has 0 aliphatic carbocycles. The molecule has 1 unspecified atom stereocenters. The monoisotopic (exact) mass is 935 g/mol. The van der Waals surface area contributed by atoms with Gasteiger partial charge in [-0.1, -0.05) is 229 Å². The molecule has 0 saturated carbocycles. The average Bonchev–Trinajstić information content (AvgIpc) is 3.33. The van der Waals surface area contributed by atoms with Gasteiger partial charge in [-0.15, -0.1) is 0 Å². The van der Waals surface area contributed by atoms with Crippen molar-refractivity contribution in [1.29, 1.82) is 0 Å². The lowest BCUT2D eigenvalue weighted by Gasteiger charge is -2.18. The fourth-order valence-corrected chi connectivity index (χ4v) is 7.96. The van der Waals surface area contributed by atoms with Gasteiger partial charge in [0, 0.05) is 19.3 Å². The minimum Gasteiger partial charge on any atom is -0.462 e. The van der Waals surface area contributed by atoms with Crippen molar-refractivity contribution in [2.24, 2.45) is 0 Å². The minimum atomic E-state index is -0.788. The van der Waals surface area contributed by atoms with Crippen molar-refractivity contribution in [3.63, 3.8) is 0 Å². The molecule has 67 heavy (non-hydrogen) atoms. The molecule has 0 heterocycles. The van der Waals surface area contributed by atoms with Gasteiger partial charge < -0.3 is 14.2 Å². The average molecular weight is 936 g/mol. The predicted molar refractivity (Wildman–Crippen MR) is 288 cm³/mol. The van der Waals surface area contributed by atoms with Crippen LogP contribution in [-0.4, -0.2) is 37.2 Å². The van der Waals surface area contributed by atoms with Gasteiger partial charge in [-0.2, -0.15) is 0 Å². The van der Waals surface area contributed by atoms with Gasteiger partial charge in [-0.3, -0.25) is 14.4 Å². The van der Waals surface area contributed by atoms with Crippen LogP contribution in [0.2, 0.25) is 0 Å². The lowest BCUT2D eigenvalue weighted by atomic mass is 10.1. The number of carbonyl (C=O) groups excluding carboxylic acids is 3. The molecule has 0 aliphatic heterocycles.